The van der Waals surface area contributed by atoms with Gasteiger partial charge >= 0.3 is 16.6 Å². The Labute approximate surface area is 191 Å². The summed E-state index contributed by atoms with van der Waals surface area (Å²) in [5.41, 5.74) is -0.732. The van der Waals surface area contributed by atoms with Crippen LogP contribution in [0.1, 0.15) is 44.9 Å². The largest absolute Gasteiger partial charge is 1.00 e. The van der Waals surface area contributed by atoms with E-state index in [4.69, 9.17) is 4.74 Å². The molecule has 3 heterocycles. The number of hydrogen-bond acceptors (Lipinski definition) is 5. The second-order valence-corrected chi connectivity index (χ2v) is 10.5. The van der Waals surface area contributed by atoms with Gasteiger partial charge in [0.25, 0.3) is 0 Å². The lowest BCUT2D eigenvalue weighted by Gasteiger charge is -2.36. The molecule has 5 rings (SSSR count). The zero-order valence-corrected chi connectivity index (χ0v) is 18.9. The van der Waals surface area contributed by atoms with E-state index in [1.54, 1.807) is 9.47 Å². The first-order chi connectivity index (χ1) is 15.6. The third-order valence-corrected chi connectivity index (χ3v) is 8.14. The number of pyridine rings is 1. The normalized spacial score (nSPS) is 23.7. The van der Waals surface area contributed by atoms with Crippen molar-refractivity contribution in [2.75, 3.05) is 31.6 Å². The SMILES string of the molecule is COc1c(N2CC3CCCN(P(=O)(O)O)C3C2)c(F)cc2c(=O)c(C(=O)O)cn(C3CC3)c12.[H+].[H+]. The van der Waals surface area contributed by atoms with Gasteiger partial charge in [-0.05, 0) is 37.7 Å². The maximum atomic E-state index is 15.5. The lowest BCUT2D eigenvalue weighted by atomic mass is 9.94. The van der Waals surface area contributed by atoms with Crippen molar-refractivity contribution in [1.29, 1.82) is 0 Å². The number of benzene rings is 1. The number of ether oxygens (including phenoxy) is 1. The third kappa shape index (κ3) is 3.63. The van der Waals surface area contributed by atoms with Gasteiger partial charge in [-0.25, -0.2) is 18.4 Å². The number of hydrogen-bond donors (Lipinski definition) is 3. The molecule has 178 valence electrons. The number of carboxylic acid groups (broad SMARTS) is 1. The van der Waals surface area contributed by atoms with Crippen LogP contribution in [-0.4, -0.2) is 62.9 Å². The minimum Gasteiger partial charge on any atom is -0.492 e. The van der Waals surface area contributed by atoms with Gasteiger partial charge in [0.1, 0.15) is 11.3 Å². The highest BCUT2D eigenvalue weighted by Gasteiger charge is 2.46. The number of aromatic nitrogens is 1. The minimum atomic E-state index is -4.45. The molecule has 1 aliphatic carbocycles. The summed E-state index contributed by atoms with van der Waals surface area (Å²) < 4.78 is 36.0. The Morgan fingerprint density at radius 1 is 1.27 bits per heavy atom. The third-order valence-electron chi connectivity index (χ3n) is 6.98. The molecular weight excluding hydrogens is 456 g/mol. The Bertz CT molecular complexity index is 1270. The predicted octanol–water partition coefficient (Wildman–Crippen LogP) is 2.40. The van der Waals surface area contributed by atoms with Crippen molar-refractivity contribution >= 4 is 30.3 Å². The van der Waals surface area contributed by atoms with Gasteiger partial charge in [-0.1, -0.05) is 0 Å². The van der Waals surface area contributed by atoms with Crippen LogP contribution in [0.15, 0.2) is 17.1 Å². The molecule has 3 aliphatic rings. The van der Waals surface area contributed by atoms with Crippen LogP contribution in [-0.2, 0) is 4.57 Å². The summed E-state index contributed by atoms with van der Waals surface area (Å²) in [5, 5.41) is 9.41. The first-order valence-corrected chi connectivity index (χ1v) is 12.4. The summed E-state index contributed by atoms with van der Waals surface area (Å²) in [6.45, 7) is 0.867. The molecule has 3 N–H and O–H groups in total. The highest BCUT2D eigenvalue weighted by Crippen LogP contribution is 2.50. The van der Waals surface area contributed by atoms with Crippen molar-refractivity contribution in [3.05, 3.63) is 33.9 Å². The highest BCUT2D eigenvalue weighted by molar-refractivity contribution is 7.49. The van der Waals surface area contributed by atoms with Crippen LogP contribution in [0.25, 0.3) is 10.9 Å². The van der Waals surface area contributed by atoms with Gasteiger partial charge in [0, 0.05) is 37.9 Å². The van der Waals surface area contributed by atoms with Crippen LogP contribution in [0.2, 0.25) is 0 Å². The van der Waals surface area contributed by atoms with Crippen molar-refractivity contribution in [3.63, 3.8) is 0 Å². The smallest absolute Gasteiger partial charge is 0.492 e. The summed E-state index contributed by atoms with van der Waals surface area (Å²) in [6.07, 6.45) is 4.31. The number of methoxy groups -OCH3 is 1. The molecule has 0 bridgehead atoms. The summed E-state index contributed by atoms with van der Waals surface area (Å²) in [5.74, 6) is -2.03. The minimum absolute atomic E-state index is 0. The van der Waals surface area contributed by atoms with Crippen molar-refractivity contribution in [2.45, 2.75) is 37.8 Å². The van der Waals surface area contributed by atoms with Crippen LogP contribution in [0.4, 0.5) is 10.1 Å². The van der Waals surface area contributed by atoms with Gasteiger partial charge in [-0.3, -0.25) is 4.79 Å². The van der Waals surface area contributed by atoms with E-state index in [9.17, 15) is 29.0 Å². The Morgan fingerprint density at radius 3 is 2.61 bits per heavy atom. The summed E-state index contributed by atoms with van der Waals surface area (Å²) >= 11 is 0. The molecular formula is C21H27FN3O7P+2. The Morgan fingerprint density at radius 2 is 2.00 bits per heavy atom. The van der Waals surface area contributed by atoms with E-state index in [1.165, 1.54) is 18.0 Å². The highest BCUT2D eigenvalue weighted by atomic mass is 31.2. The topological polar surface area (TPSA) is 133 Å². The second kappa shape index (κ2) is 7.80. The number of halogens is 1. The summed E-state index contributed by atoms with van der Waals surface area (Å²) in [7, 11) is -3.08. The molecule has 2 saturated heterocycles. The molecule has 2 atom stereocenters. The van der Waals surface area contributed by atoms with Gasteiger partial charge < -0.3 is 29.1 Å². The molecule has 1 saturated carbocycles. The number of rotatable bonds is 5. The summed E-state index contributed by atoms with van der Waals surface area (Å²) in [4.78, 5) is 45.8. The zero-order valence-electron chi connectivity index (χ0n) is 20.0. The van der Waals surface area contributed by atoms with Gasteiger partial charge in [-0.2, -0.15) is 0 Å². The standard InChI is InChI=1S/C21H25FN3O7P/c1-32-20-17-13(19(26)14(21(27)28)9-24(17)12-4-5-12)7-15(22)18(20)23-8-11-3-2-6-25(16(11)10-23)33(29,30)31/h7,9,11-12,16H,2-6,8,10H2,1H3,(H,27,28)(H2,29,30,31)/p+2. The quantitative estimate of drug-likeness (QED) is 0.549. The fraction of sp³-hybridized carbons (Fsp3) is 0.524. The van der Waals surface area contributed by atoms with Gasteiger partial charge in [-0.15, -0.1) is 0 Å². The number of carbonyl (C=O) groups is 1. The van der Waals surface area contributed by atoms with E-state index < -0.39 is 36.6 Å². The maximum Gasteiger partial charge on any atom is 1.00 e. The average Bonchev–Trinajstić information content (AvgIpc) is 3.50. The lowest BCUT2D eigenvalue weighted by molar-refractivity contribution is 0.0694. The average molecular weight is 483 g/mol. The van der Waals surface area contributed by atoms with E-state index in [-0.39, 0.29) is 44.7 Å². The predicted molar refractivity (Wildman–Crippen MR) is 120 cm³/mol. The molecule has 1 aromatic carbocycles. The van der Waals surface area contributed by atoms with Crippen molar-refractivity contribution < 1.29 is 36.2 Å². The van der Waals surface area contributed by atoms with E-state index in [1.807, 2.05) is 0 Å². The maximum absolute atomic E-state index is 15.5. The monoisotopic (exact) mass is 483 g/mol. The number of aromatic carboxylic acids is 1. The number of anilines is 1. The lowest BCUT2D eigenvalue weighted by Crippen LogP contribution is -2.42. The van der Waals surface area contributed by atoms with Gasteiger partial charge in [0.2, 0.25) is 5.43 Å². The molecule has 10 nitrogen and oxygen atoms in total. The van der Waals surface area contributed by atoms with Gasteiger partial charge in [0.15, 0.2) is 11.6 Å². The molecule has 0 amide bonds. The number of carboxylic acids is 1. The van der Waals surface area contributed by atoms with Crippen LogP contribution in [0.3, 0.4) is 0 Å². The molecule has 12 heteroatoms. The van der Waals surface area contributed by atoms with E-state index in [2.05, 4.69) is 0 Å². The molecule has 2 aliphatic heterocycles. The number of piperidine rings is 1. The number of fused-ring (bicyclic) bond motifs is 2. The van der Waals surface area contributed by atoms with Crippen molar-refractivity contribution in [3.8, 4) is 5.75 Å². The number of nitrogens with zero attached hydrogens (tertiary/aromatic N) is 3. The molecule has 2 aromatic rings. The Kier molecular flexibility index (Phi) is 5.28. The molecule has 2 unspecified atom stereocenters. The fourth-order valence-corrected chi connectivity index (χ4v) is 6.44. The zero-order chi connectivity index (χ0) is 23.7. The van der Waals surface area contributed by atoms with Crippen LogP contribution in [0, 0.1) is 11.7 Å². The van der Waals surface area contributed by atoms with Crippen molar-refractivity contribution in [1.82, 2.24) is 9.24 Å². The Hall–Kier alpha value is -2.46. The first kappa shape index (κ1) is 22.3. The molecule has 0 spiro atoms. The van der Waals surface area contributed by atoms with E-state index in [0.717, 1.165) is 25.3 Å². The molecule has 3 fully saturated rings. The van der Waals surface area contributed by atoms with Gasteiger partial charge in [0.05, 0.1) is 18.0 Å². The van der Waals surface area contributed by atoms with Crippen LogP contribution in [0.5, 0.6) is 5.75 Å². The first-order valence-electron chi connectivity index (χ1n) is 10.9. The second-order valence-electron chi connectivity index (χ2n) is 9.00. The molecule has 33 heavy (non-hydrogen) atoms. The molecule has 1 aromatic heterocycles. The fourth-order valence-electron chi connectivity index (χ4n) is 5.39. The van der Waals surface area contributed by atoms with Crippen molar-refractivity contribution in [2.24, 2.45) is 5.92 Å². The van der Waals surface area contributed by atoms with E-state index >= 15 is 4.39 Å². The molecule has 0 radical (unpaired) electrons. The summed E-state index contributed by atoms with van der Waals surface area (Å²) in [6, 6.07) is 0.618. The van der Waals surface area contributed by atoms with Crippen LogP contribution < -0.4 is 15.1 Å². The van der Waals surface area contributed by atoms with Crippen LogP contribution >= 0.6 is 7.75 Å². The van der Waals surface area contributed by atoms with E-state index in [0.29, 0.717) is 18.5 Å². The Balaban J connectivity index is 0.00000171.